The Kier molecular flexibility index (Phi) is 4.33. The quantitative estimate of drug-likeness (QED) is 0.470. The van der Waals surface area contributed by atoms with E-state index in [4.69, 9.17) is 55.9 Å². The maximum Gasteiger partial charge on any atom is 0.171 e. The Labute approximate surface area is 136 Å². The highest BCUT2D eigenvalue weighted by Crippen LogP contribution is 2.49. The van der Waals surface area contributed by atoms with Gasteiger partial charge in [0, 0.05) is 24.3 Å². The van der Waals surface area contributed by atoms with E-state index >= 15 is 0 Å². The molecule has 2 aromatic rings. The van der Waals surface area contributed by atoms with Crippen LogP contribution >= 0.6 is 59.9 Å². The van der Waals surface area contributed by atoms with Crippen molar-refractivity contribution in [3.63, 3.8) is 0 Å². The molecule has 100 valence electrons. The third kappa shape index (κ3) is 2.71. The number of ether oxygens (including phenoxy) is 2. The van der Waals surface area contributed by atoms with Gasteiger partial charge >= 0.3 is 0 Å². The lowest BCUT2D eigenvalue weighted by molar-refractivity contribution is 0.359. The van der Waals surface area contributed by atoms with Crippen molar-refractivity contribution in [1.29, 1.82) is 0 Å². The number of rotatable bonds is 0. The molecule has 0 bridgehead atoms. The van der Waals surface area contributed by atoms with Crippen LogP contribution in [-0.4, -0.2) is 0 Å². The van der Waals surface area contributed by atoms with Crippen LogP contribution in [0.1, 0.15) is 0 Å². The van der Waals surface area contributed by atoms with Gasteiger partial charge in [0.15, 0.2) is 23.0 Å². The minimum absolute atomic E-state index is 0. The van der Waals surface area contributed by atoms with Gasteiger partial charge in [0.1, 0.15) is 0 Å². The third-order valence-electron chi connectivity index (χ3n) is 2.41. The molecule has 0 radical (unpaired) electrons. The highest BCUT2D eigenvalue weighted by molar-refractivity contribution is 7.59. The highest BCUT2D eigenvalue weighted by Gasteiger charge is 2.21. The average Bonchev–Trinajstić information content (AvgIpc) is 2.31. The van der Waals surface area contributed by atoms with Crippen molar-refractivity contribution in [2.24, 2.45) is 0 Å². The van der Waals surface area contributed by atoms with Crippen LogP contribution in [0.2, 0.25) is 20.1 Å². The summed E-state index contributed by atoms with van der Waals surface area (Å²) in [6.45, 7) is 0. The fraction of sp³-hybridized carbons (Fsp3) is 0. The predicted molar refractivity (Wildman–Crippen MR) is 83.5 cm³/mol. The van der Waals surface area contributed by atoms with E-state index in [9.17, 15) is 0 Å². The summed E-state index contributed by atoms with van der Waals surface area (Å²) in [6.07, 6.45) is 0. The molecule has 0 aromatic heterocycles. The van der Waals surface area contributed by atoms with Crippen molar-refractivity contribution in [3.05, 3.63) is 44.4 Å². The van der Waals surface area contributed by atoms with Crippen LogP contribution in [0, 0.1) is 0 Å². The molecule has 0 saturated heterocycles. The van der Waals surface area contributed by atoms with Crippen LogP contribution in [0.3, 0.4) is 0 Å². The van der Waals surface area contributed by atoms with Crippen LogP contribution in [0.5, 0.6) is 23.0 Å². The molecule has 0 saturated carbocycles. The smallest absolute Gasteiger partial charge is 0.171 e. The Morgan fingerprint density at radius 2 is 0.737 bits per heavy atom. The monoisotopic (exact) mass is 354 g/mol. The van der Waals surface area contributed by atoms with Crippen molar-refractivity contribution in [3.8, 4) is 23.0 Å². The van der Waals surface area contributed by atoms with Gasteiger partial charge in [0.25, 0.3) is 0 Å². The van der Waals surface area contributed by atoms with Gasteiger partial charge in [-0.15, -0.1) is 0 Å². The summed E-state index contributed by atoms with van der Waals surface area (Å²) in [5.41, 5.74) is 0. The van der Waals surface area contributed by atoms with Gasteiger partial charge < -0.3 is 9.47 Å². The first-order valence-corrected chi connectivity index (χ1v) is 6.39. The van der Waals surface area contributed by atoms with Crippen LogP contribution in [0.25, 0.3) is 0 Å². The van der Waals surface area contributed by atoms with Crippen molar-refractivity contribution in [2.75, 3.05) is 0 Å². The van der Waals surface area contributed by atoms with Crippen molar-refractivity contribution in [2.45, 2.75) is 0 Å². The predicted octanol–water partition coefficient (Wildman–Crippen LogP) is 6.31. The molecule has 0 spiro atoms. The van der Waals surface area contributed by atoms with Crippen LogP contribution in [-0.2, 0) is 0 Å². The van der Waals surface area contributed by atoms with E-state index in [0.717, 1.165) is 0 Å². The lowest BCUT2D eigenvalue weighted by atomic mass is 10.2. The van der Waals surface area contributed by atoms with E-state index in [0.29, 0.717) is 43.1 Å². The normalized spacial score (nSPS) is 11.6. The van der Waals surface area contributed by atoms with Crippen LogP contribution < -0.4 is 9.47 Å². The summed E-state index contributed by atoms with van der Waals surface area (Å²) >= 11 is 23.7. The molecule has 3 rings (SSSR count). The number of benzene rings is 2. The number of fused-ring (bicyclic) bond motifs is 2. The molecule has 0 aliphatic carbocycles. The van der Waals surface area contributed by atoms with E-state index in [1.807, 2.05) is 0 Å². The van der Waals surface area contributed by atoms with Crippen LogP contribution in [0.4, 0.5) is 0 Å². The molecule has 1 aliphatic heterocycles. The third-order valence-corrected chi connectivity index (χ3v) is 3.86. The second kappa shape index (κ2) is 5.51. The van der Waals surface area contributed by atoms with E-state index in [2.05, 4.69) is 0 Å². The molecular weight excluding hydrogens is 350 g/mol. The van der Waals surface area contributed by atoms with E-state index < -0.39 is 0 Å². The summed E-state index contributed by atoms with van der Waals surface area (Å²) in [5, 5.41) is 1.56. The fourth-order valence-electron chi connectivity index (χ4n) is 1.58. The van der Waals surface area contributed by atoms with E-state index in [1.165, 1.54) is 0 Å². The minimum Gasteiger partial charge on any atom is -0.449 e. The minimum atomic E-state index is 0. The number of hydrogen-bond donors (Lipinski definition) is 0. The topological polar surface area (TPSA) is 18.5 Å². The zero-order chi connectivity index (χ0) is 12.9. The molecule has 0 fully saturated rings. The molecule has 2 aromatic carbocycles. The first kappa shape index (κ1) is 14.9. The van der Waals surface area contributed by atoms with Gasteiger partial charge in [0.05, 0.1) is 20.1 Å². The standard InChI is InChI=1S/C12H4Cl4O2.H2S/c13-5-1-9-10(2-6(5)14)18-12-4-8(16)7(15)3-11(12)17-9;/h1-4H;1H2. The van der Waals surface area contributed by atoms with Crippen molar-refractivity contribution in [1.82, 2.24) is 0 Å². The Bertz CT molecular complexity index is 549. The fourth-order valence-corrected chi connectivity index (χ4v) is 2.19. The maximum atomic E-state index is 5.91. The van der Waals surface area contributed by atoms with Gasteiger partial charge in [-0.2, -0.15) is 13.5 Å². The molecule has 0 atom stereocenters. The molecule has 0 amide bonds. The van der Waals surface area contributed by atoms with Crippen molar-refractivity contribution >= 4 is 59.9 Å². The van der Waals surface area contributed by atoms with Gasteiger partial charge in [-0.25, -0.2) is 0 Å². The summed E-state index contributed by atoms with van der Waals surface area (Å²) in [7, 11) is 0. The first-order chi connectivity index (χ1) is 8.54. The Balaban J connectivity index is 0.00000133. The molecule has 7 heteroatoms. The summed E-state index contributed by atoms with van der Waals surface area (Å²) in [6, 6.07) is 6.35. The molecular formula is C12H6Cl4O2S. The Hall–Kier alpha value is -0.450. The maximum absolute atomic E-state index is 5.91. The zero-order valence-corrected chi connectivity index (χ0v) is 13.2. The number of halogens is 4. The van der Waals surface area contributed by atoms with Gasteiger partial charge in [-0.1, -0.05) is 46.4 Å². The Morgan fingerprint density at radius 1 is 0.526 bits per heavy atom. The molecule has 1 aliphatic rings. The zero-order valence-electron chi connectivity index (χ0n) is 9.14. The number of hydrogen-bond acceptors (Lipinski definition) is 2. The van der Waals surface area contributed by atoms with E-state index in [1.54, 1.807) is 24.3 Å². The molecule has 19 heavy (non-hydrogen) atoms. The largest absolute Gasteiger partial charge is 0.449 e. The highest BCUT2D eigenvalue weighted by atomic mass is 35.5. The SMILES string of the molecule is Clc1cc2c(cc1Cl)Oc1cc(Cl)c(Cl)cc1O2.S. The first-order valence-electron chi connectivity index (χ1n) is 4.88. The second-order valence-electron chi connectivity index (χ2n) is 3.63. The van der Waals surface area contributed by atoms with Gasteiger partial charge in [-0.05, 0) is 0 Å². The molecule has 2 nitrogen and oxygen atoms in total. The second-order valence-corrected chi connectivity index (χ2v) is 5.26. The van der Waals surface area contributed by atoms with Gasteiger partial charge in [0.2, 0.25) is 0 Å². The average molecular weight is 356 g/mol. The Morgan fingerprint density at radius 3 is 0.947 bits per heavy atom. The lowest BCUT2D eigenvalue weighted by Crippen LogP contribution is -1.99. The molecule has 0 unspecified atom stereocenters. The van der Waals surface area contributed by atoms with Gasteiger partial charge in [-0.3, -0.25) is 0 Å². The molecule has 1 heterocycles. The molecule has 0 N–H and O–H groups in total. The van der Waals surface area contributed by atoms with E-state index in [-0.39, 0.29) is 13.5 Å². The lowest BCUT2D eigenvalue weighted by Gasteiger charge is -2.21. The summed E-state index contributed by atoms with van der Waals surface area (Å²) < 4.78 is 11.3. The summed E-state index contributed by atoms with van der Waals surface area (Å²) in [4.78, 5) is 0. The summed E-state index contributed by atoms with van der Waals surface area (Å²) in [5.74, 6) is 1.93. The van der Waals surface area contributed by atoms with Crippen molar-refractivity contribution < 1.29 is 9.47 Å². The van der Waals surface area contributed by atoms with Crippen LogP contribution in [0.15, 0.2) is 24.3 Å².